The Morgan fingerprint density at radius 1 is 1.31 bits per heavy atom. The van der Waals surface area contributed by atoms with Crippen LogP contribution in [0.2, 0.25) is 0 Å². The fourth-order valence-corrected chi connectivity index (χ4v) is 1.72. The highest BCUT2D eigenvalue weighted by atomic mass is 19.1. The largest absolute Gasteiger partial charge is 0.384 e. The molecule has 0 amide bonds. The zero-order valence-electron chi connectivity index (χ0n) is 10.0. The summed E-state index contributed by atoms with van der Waals surface area (Å²) < 4.78 is 12.7. The number of pyridine rings is 1. The summed E-state index contributed by atoms with van der Waals surface area (Å²) in [6, 6.07) is 2.89. The van der Waals surface area contributed by atoms with E-state index in [1.54, 1.807) is 13.0 Å². The van der Waals surface area contributed by atoms with Crippen LogP contribution in [0.4, 0.5) is 4.39 Å². The van der Waals surface area contributed by atoms with E-state index in [0.717, 1.165) is 19.0 Å². The van der Waals surface area contributed by atoms with Crippen molar-refractivity contribution in [1.29, 1.82) is 0 Å². The van der Waals surface area contributed by atoms with Crippen molar-refractivity contribution in [1.82, 2.24) is 4.98 Å². The summed E-state index contributed by atoms with van der Waals surface area (Å²) in [4.78, 5) is 3.92. The van der Waals surface area contributed by atoms with Crippen molar-refractivity contribution in [2.75, 3.05) is 0 Å². The van der Waals surface area contributed by atoms with Gasteiger partial charge in [0.05, 0.1) is 11.9 Å². The summed E-state index contributed by atoms with van der Waals surface area (Å²) in [7, 11) is 0. The van der Waals surface area contributed by atoms with Gasteiger partial charge in [0.25, 0.3) is 0 Å². The molecular formula is C13H20FNO. The number of nitrogens with zero attached hydrogens (tertiary/aromatic N) is 1. The zero-order valence-corrected chi connectivity index (χ0v) is 10.0. The van der Waals surface area contributed by atoms with Crippen molar-refractivity contribution in [2.45, 2.75) is 51.6 Å². The molecule has 0 bridgehead atoms. The first-order valence-corrected chi connectivity index (χ1v) is 5.90. The molecule has 1 N–H and O–H groups in total. The molecule has 1 unspecified atom stereocenters. The Labute approximate surface area is 96.5 Å². The second-order valence-corrected chi connectivity index (χ2v) is 4.45. The predicted molar refractivity (Wildman–Crippen MR) is 62.5 cm³/mol. The number of halogens is 1. The number of hydrogen-bond acceptors (Lipinski definition) is 2. The van der Waals surface area contributed by atoms with E-state index in [0.29, 0.717) is 12.1 Å². The third kappa shape index (κ3) is 3.89. The number of hydrogen-bond donors (Lipinski definition) is 1. The van der Waals surface area contributed by atoms with Crippen LogP contribution in [-0.2, 0) is 5.60 Å². The number of aromatic nitrogens is 1. The molecule has 1 rings (SSSR count). The average molecular weight is 225 g/mol. The standard InChI is InChI=1S/C13H20FNO/c1-3-4-5-6-9-13(2,16)12-8-7-11(14)10-15-12/h7-8,10,16H,3-6,9H2,1-2H3. The van der Waals surface area contributed by atoms with E-state index in [2.05, 4.69) is 11.9 Å². The SMILES string of the molecule is CCCCCCC(C)(O)c1ccc(F)cn1. The molecule has 90 valence electrons. The molecule has 3 heteroatoms. The van der Waals surface area contributed by atoms with Crippen LogP contribution in [0.1, 0.15) is 51.6 Å². The Hall–Kier alpha value is -0.960. The predicted octanol–water partition coefficient (Wildman–Crippen LogP) is 3.40. The first-order chi connectivity index (χ1) is 7.56. The molecule has 0 aliphatic carbocycles. The van der Waals surface area contributed by atoms with Gasteiger partial charge in [-0.1, -0.05) is 32.6 Å². The van der Waals surface area contributed by atoms with Gasteiger partial charge in [0.1, 0.15) is 11.4 Å². The molecule has 1 heterocycles. The van der Waals surface area contributed by atoms with Crippen LogP contribution < -0.4 is 0 Å². The smallest absolute Gasteiger partial charge is 0.141 e. The lowest BCUT2D eigenvalue weighted by molar-refractivity contribution is 0.0403. The molecule has 0 radical (unpaired) electrons. The average Bonchev–Trinajstić information content (AvgIpc) is 2.25. The number of rotatable bonds is 6. The van der Waals surface area contributed by atoms with Crippen LogP contribution in [0.15, 0.2) is 18.3 Å². The van der Waals surface area contributed by atoms with Crippen LogP contribution >= 0.6 is 0 Å². The van der Waals surface area contributed by atoms with Crippen LogP contribution in [0.25, 0.3) is 0 Å². The molecule has 0 spiro atoms. The lowest BCUT2D eigenvalue weighted by atomic mass is 9.94. The highest BCUT2D eigenvalue weighted by molar-refractivity contribution is 5.12. The summed E-state index contributed by atoms with van der Waals surface area (Å²) >= 11 is 0. The van der Waals surface area contributed by atoms with Gasteiger partial charge in [0.15, 0.2) is 0 Å². The Bertz CT molecular complexity index is 308. The normalized spacial score (nSPS) is 14.8. The monoisotopic (exact) mass is 225 g/mol. The summed E-state index contributed by atoms with van der Waals surface area (Å²) in [6.07, 6.45) is 6.28. The van der Waals surface area contributed by atoms with Gasteiger partial charge in [-0.25, -0.2) is 4.39 Å². The summed E-state index contributed by atoms with van der Waals surface area (Å²) in [5.74, 6) is -0.370. The van der Waals surface area contributed by atoms with Gasteiger partial charge in [0.2, 0.25) is 0 Å². The number of unbranched alkanes of at least 4 members (excludes halogenated alkanes) is 3. The van der Waals surface area contributed by atoms with Crippen LogP contribution in [0, 0.1) is 5.82 Å². The van der Waals surface area contributed by atoms with E-state index in [1.807, 2.05) is 0 Å². The summed E-state index contributed by atoms with van der Waals surface area (Å²) in [5.41, 5.74) is -0.396. The maximum absolute atomic E-state index is 12.7. The van der Waals surface area contributed by atoms with Gasteiger partial charge in [-0.3, -0.25) is 4.98 Å². The molecule has 0 aromatic carbocycles. The third-order valence-electron chi connectivity index (χ3n) is 2.80. The van der Waals surface area contributed by atoms with Gasteiger partial charge in [0, 0.05) is 0 Å². The molecule has 1 aromatic heterocycles. The van der Waals surface area contributed by atoms with Gasteiger partial charge in [-0.15, -0.1) is 0 Å². The van der Waals surface area contributed by atoms with E-state index in [-0.39, 0.29) is 5.82 Å². The van der Waals surface area contributed by atoms with Gasteiger partial charge < -0.3 is 5.11 Å². The molecule has 0 fully saturated rings. The molecule has 0 aliphatic heterocycles. The van der Waals surface area contributed by atoms with Crippen molar-refractivity contribution >= 4 is 0 Å². The molecule has 1 atom stereocenters. The highest BCUT2D eigenvalue weighted by Crippen LogP contribution is 2.25. The van der Waals surface area contributed by atoms with Crippen LogP contribution in [0.5, 0.6) is 0 Å². The Morgan fingerprint density at radius 2 is 2.06 bits per heavy atom. The van der Waals surface area contributed by atoms with Crippen molar-refractivity contribution < 1.29 is 9.50 Å². The fraction of sp³-hybridized carbons (Fsp3) is 0.615. The molecule has 0 saturated carbocycles. The minimum absolute atomic E-state index is 0.370. The minimum atomic E-state index is -0.943. The third-order valence-corrected chi connectivity index (χ3v) is 2.80. The lowest BCUT2D eigenvalue weighted by Crippen LogP contribution is -2.22. The topological polar surface area (TPSA) is 33.1 Å². The zero-order chi connectivity index (χ0) is 12.0. The maximum Gasteiger partial charge on any atom is 0.141 e. The maximum atomic E-state index is 12.7. The van der Waals surface area contributed by atoms with Gasteiger partial charge >= 0.3 is 0 Å². The summed E-state index contributed by atoms with van der Waals surface area (Å²) in [5, 5.41) is 10.2. The fourth-order valence-electron chi connectivity index (χ4n) is 1.72. The molecular weight excluding hydrogens is 205 g/mol. The van der Waals surface area contributed by atoms with Crippen molar-refractivity contribution in [2.24, 2.45) is 0 Å². The molecule has 2 nitrogen and oxygen atoms in total. The quantitative estimate of drug-likeness (QED) is 0.753. The number of aliphatic hydroxyl groups is 1. The van der Waals surface area contributed by atoms with E-state index in [1.165, 1.54) is 18.9 Å². The van der Waals surface area contributed by atoms with E-state index < -0.39 is 5.60 Å². The lowest BCUT2D eigenvalue weighted by Gasteiger charge is -2.22. The second-order valence-electron chi connectivity index (χ2n) is 4.45. The molecule has 0 aliphatic rings. The van der Waals surface area contributed by atoms with E-state index in [9.17, 15) is 9.50 Å². The highest BCUT2D eigenvalue weighted by Gasteiger charge is 2.23. The first-order valence-electron chi connectivity index (χ1n) is 5.90. The van der Waals surface area contributed by atoms with Crippen molar-refractivity contribution in [3.63, 3.8) is 0 Å². The Balaban J connectivity index is 2.52. The minimum Gasteiger partial charge on any atom is -0.384 e. The summed E-state index contributed by atoms with van der Waals surface area (Å²) in [6.45, 7) is 3.89. The Kier molecular flexibility index (Phi) is 4.87. The molecule has 0 saturated heterocycles. The molecule has 16 heavy (non-hydrogen) atoms. The van der Waals surface area contributed by atoms with E-state index in [4.69, 9.17) is 0 Å². The first kappa shape index (κ1) is 13.1. The molecule has 1 aromatic rings. The second kappa shape index (κ2) is 5.94. The van der Waals surface area contributed by atoms with Crippen molar-refractivity contribution in [3.8, 4) is 0 Å². The van der Waals surface area contributed by atoms with Crippen LogP contribution in [0.3, 0.4) is 0 Å². The Morgan fingerprint density at radius 3 is 2.62 bits per heavy atom. The van der Waals surface area contributed by atoms with Gasteiger partial charge in [-0.05, 0) is 25.5 Å². The van der Waals surface area contributed by atoms with Gasteiger partial charge in [-0.2, -0.15) is 0 Å². The van der Waals surface area contributed by atoms with Crippen LogP contribution in [-0.4, -0.2) is 10.1 Å². The van der Waals surface area contributed by atoms with Crippen molar-refractivity contribution in [3.05, 3.63) is 29.8 Å². The van der Waals surface area contributed by atoms with E-state index >= 15 is 0 Å².